The van der Waals surface area contributed by atoms with E-state index in [1.165, 1.54) is 0 Å². The van der Waals surface area contributed by atoms with Gasteiger partial charge in [0, 0.05) is 31.7 Å². The van der Waals surface area contributed by atoms with Gasteiger partial charge in [-0.05, 0) is 30.5 Å². The van der Waals surface area contributed by atoms with Gasteiger partial charge in [-0.25, -0.2) is 12.7 Å². The second-order valence-electron chi connectivity index (χ2n) is 5.96. The van der Waals surface area contributed by atoms with E-state index in [9.17, 15) is 13.2 Å². The Labute approximate surface area is 137 Å². The lowest BCUT2D eigenvalue weighted by molar-refractivity contribution is 0.0303. The van der Waals surface area contributed by atoms with Crippen molar-refractivity contribution in [2.45, 2.75) is 18.6 Å². The molecule has 0 bridgehead atoms. The van der Waals surface area contributed by atoms with Crippen LogP contribution in [-0.4, -0.2) is 62.9 Å². The zero-order valence-corrected chi connectivity index (χ0v) is 13.9. The van der Waals surface area contributed by atoms with Crippen molar-refractivity contribution >= 4 is 15.9 Å². The minimum atomic E-state index is -3.25. The van der Waals surface area contributed by atoms with Gasteiger partial charge < -0.3 is 9.64 Å². The highest BCUT2D eigenvalue weighted by Crippen LogP contribution is 2.18. The Balaban J connectivity index is 1.65. The SMILES string of the molecule is O=C(c1ccc(CS(=O)(=O)N2CCCC2)cc1)N1CCOCC1. The fraction of sp³-hybridized carbons (Fsp3) is 0.562. The first kappa shape index (κ1) is 16.4. The van der Waals surface area contributed by atoms with E-state index in [1.807, 2.05) is 0 Å². The lowest BCUT2D eigenvalue weighted by Gasteiger charge is -2.26. The van der Waals surface area contributed by atoms with Crippen LogP contribution in [0.15, 0.2) is 24.3 Å². The fourth-order valence-corrected chi connectivity index (χ4v) is 4.57. The number of benzene rings is 1. The minimum absolute atomic E-state index is 0.000967. The van der Waals surface area contributed by atoms with Gasteiger partial charge in [-0.2, -0.15) is 0 Å². The van der Waals surface area contributed by atoms with Gasteiger partial charge in [0.25, 0.3) is 5.91 Å². The van der Waals surface area contributed by atoms with Crippen LogP contribution in [0.3, 0.4) is 0 Å². The van der Waals surface area contributed by atoms with E-state index in [2.05, 4.69) is 0 Å². The maximum Gasteiger partial charge on any atom is 0.254 e. The number of carbonyl (C=O) groups excluding carboxylic acids is 1. The predicted octanol–water partition coefficient (Wildman–Crippen LogP) is 1.08. The van der Waals surface area contributed by atoms with Crippen LogP contribution in [0.5, 0.6) is 0 Å². The second kappa shape index (κ2) is 6.98. The van der Waals surface area contributed by atoms with E-state index in [1.54, 1.807) is 33.5 Å². The van der Waals surface area contributed by atoms with Crippen molar-refractivity contribution in [3.05, 3.63) is 35.4 Å². The smallest absolute Gasteiger partial charge is 0.254 e. The number of carbonyl (C=O) groups is 1. The van der Waals surface area contributed by atoms with E-state index in [-0.39, 0.29) is 11.7 Å². The number of hydrogen-bond donors (Lipinski definition) is 0. The molecule has 0 spiro atoms. The largest absolute Gasteiger partial charge is 0.378 e. The van der Waals surface area contributed by atoms with Crippen LogP contribution in [0.4, 0.5) is 0 Å². The molecular formula is C16H22N2O4S. The van der Waals surface area contributed by atoms with Gasteiger partial charge in [0.15, 0.2) is 0 Å². The van der Waals surface area contributed by atoms with Gasteiger partial charge in [-0.1, -0.05) is 12.1 Å². The van der Waals surface area contributed by atoms with Crippen LogP contribution in [-0.2, 0) is 20.5 Å². The van der Waals surface area contributed by atoms with Crippen molar-refractivity contribution in [1.82, 2.24) is 9.21 Å². The highest BCUT2D eigenvalue weighted by atomic mass is 32.2. The molecule has 2 fully saturated rings. The van der Waals surface area contributed by atoms with Crippen LogP contribution in [0.1, 0.15) is 28.8 Å². The summed E-state index contributed by atoms with van der Waals surface area (Å²) in [5.41, 5.74) is 1.31. The maximum absolute atomic E-state index is 12.3. The number of sulfonamides is 1. The van der Waals surface area contributed by atoms with Crippen LogP contribution < -0.4 is 0 Å². The molecule has 0 radical (unpaired) electrons. The zero-order chi connectivity index (χ0) is 16.3. The Hall–Kier alpha value is -1.44. The molecule has 7 heteroatoms. The Morgan fingerprint density at radius 3 is 2.22 bits per heavy atom. The number of hydrogen-bond acceptors (Lipinski definition) is 4. The summed E-state index contributed by atoms with van der Waals surface area (Å²) in [6.45, 7) is 3.58. The second-order valence-corrected chi connectivity index (χ2v) is 7.93. The molecule has 0 saturated carbocycles. The first-order valence-corrected chi connectivity index (χ1v) is 9.61. The lowest BCUT2D eigenvalue weighted by atomic mass is 10.1. The van der Waals surface area contributed by atoms with Gasteiger partial charge in [-0.3, -0.25) is 4.79 Å². The molecule has 0 atom stereocenters. The van der Waals surface area contributed by atoms with Crippen molar-refractivity contribution in [2.24, 2.45) is 0 Å². The molecule has 1 amide bonds. The summed E-state index contributed by atoms with van der Waals surface area (Å²) in [4.78, 5) is 14.1. The minimum Gasteiger partial charge on any atom is -0.378 e. The Morgan fingerprint density at radius 2 is 1.61 bits per heavy atom. The number of rotatable bonds is 4. The van der Waals surface area contributed by atoms with E-state index < -0.39 is 10.0 Å². The number of nitrogens with zero attached hydrogens (tertiary/aromatic N) is 2. The van der Waals surface area contributed by atoms with Crippen LogP contribution in [0.2, 0.25) is 0 Å². The third-order valence-electron chi connectivity index (χ3n) is 4.31. The maximum atomic E-state index is 12.3. The quantitative estimate of drug-likeness (QED) is 0.824. The van der Waals surface area contributed by atoms with Crippen molar-refractivity contribution in [3.8, 4) is 0 Å². The standard InChI is InChI=1S/C16H22N2O4S/c19-16(17-9-11-22-12-10-17)15-5-3-14(4-6-15)13-23(20,21)18-7-1-2-8-18/h3-6H,1-2,7-13H2. The molecule has 2 heterocycles. The van der Waals surface area contributed by atoms with Gasteiger partial charge in [-0.15, -0.1) is 0 Å². The van der Waals surface area contributed by atoms with Gasteiger partial charge in [0.2, 0.25) is 10.0 Å². The molecule has 126 valence electrons. The molecule has 0 aromatic heterocycles. The highest BCUT2D eigenvalue weighted by molar-refractivity contribution is 7.88. The fourth-order valence-electron chi connectivity index (χ4n) is 2.96. The molecule has 2 aliphatic rings. The van der Waals surface area contributed by atoms with Crippen LogP contribution in [0, 0.1) is 0 Å². The van der Waals surface area contributed by atoms with E-state index in [0.29, 0.717) is 45.0 Å². The van der Waals surface area contributed by atoms with E-state index in [4.69, 9.17) is 4.74 Å². The van der Waals surface area contributed by atoms with Gasteiger partial charge >= 0.3 is 0 Å². The number of ether oxygens (including phenoxy) is 1. The third-order valence-corrected chi connectivity index (χ3v) is 6.16. The molecule has 1 aromatic rings. The topological polar surface area (TPSA) is 66.9 Å². The molecule has 0 N–H and O–H groups in total. The summed E-state index contributed by atoms with van der Waals surface area (Å²) in [6.07, 6.45) is 1.87. The van der Waals surface area contributed by atoms with E-state index in [0.717, 1.165) is 18.4 Å². The summed E-state index contributed by atoms with van der Waals surface area (Å²) in [5, 5.41) is 0. The van der Waals surface area contributed by atoms with Crippen molar-refractivity contribution in [1.29, 1.82) is 0 Å². The summed E-state index contributed by atoms with van der Waals surface area (Å²) in [5.74, 6) is -0.0267. The normalized spacial score (nSPS) is 19.9. The first-order valence-electron chi connectivity index (χ1n) is 8.00. The summed E-state index contributed by atoms with van der Waals surface area (Å²) < 4.78 is 31.4. The van der Waals surface area contributed by atoms with E-state index >= 15 is 0 Å². The molecule has 3 rings (SSSR count). The molecule has 2 aliphatic heterocycles. The number of morpholine rings is 1. The average Bonchev–Trinajstić information content (AvgIpc) is 3.11. The van der Waals surface area contributed by atoms with Gasteiger partial charge in [0.1, 0.15) is 0 Å². The summed E-state index contributed by atoms with van der Waals surface area (Å²) in [7, 11) is -3.25. The Morgan fingerprint density at radius 1 is 1.00 bits per heavy atom. The molecule has 0 unspecified atom stereocenters. The first-order chi connectivity index (χ1) is 11.1. The lowest BCUT2D eigenvalue weighted by Crippen LogP contribution is -2.40. The Kier molecular flexibility index (Phi) is 4.99. The molecule has 0 aliphatic carbocycles. The average molecular weight is 338 g/mol. The third kappa shape index (κ3) is 3.91. The molecule has 2 saturated heterocycles. The highest BCUT2D eigenvalue weighted by Gasteiger charge is 2.25. The zero-order valence-electron chi connectivity index (χ0n) is 13.1. The Bertz CT molecular complexity index is 645. The van der Waals surface area contributed by atoms with Crippen LogP contribution >= 0.6 is 0 Å². The molecule has 23 heavy (non-hydrogen) atoms. The predicted molar refractivity (Wildman–Crippen MR) is 86.6 cm³/mol. The monoisotopic (exact) mass is 338 g/mol. The van der Waals surface area contributed by atoms with Crippen molar-refractivity contribution in [2.75, 3.05) is 39.4 Å². The van der Waals surface area contributed by atoms with Crippen molar-refractivity contribution in [3.63, 3.8) is 0 Å². The number of amides is 1. The van der Waals surface area contributed by atoms with Gasteiger partial charge in [0.05, 0.1) is 19.0 Å². The van der Waals surface area contributed by atoms with Crippen molar-refractivity contribution < 1.29 is 17.9 Å². The summed E-state index contributed by atoms with van der Waals surface area (Å²) in [6, 6.07) is 6.90. The molecule has 1 aromatic carbocycles. The van der Waals surface area contributed by atoms with Crippen LogP contribution in [0.25, 0.3) is 0 Å². The molecule has 6 nitrogen and oxygen atoms in total. The molecular weight excluding hydrogens is 316 g/mol. The summed E-state index contributed by atoms with van der Waals surface area (Å²) >= 11 is 0.